The quantitative estimate of drug-likeness (QED) is 0.884. The topological polar surface area (TPSA) is 71.8 Å². The van der Waals surface area contributed by atoms with Crippen LogP contribution >= 0.6 is 11.3 Å². The van der Waals surface area contributed by atoms with Crippen LogP contribution in [-0.4, -0.2) is 33.8 Å². The summed E-state index contributed by atoms with van der Waals surface area (Å²) in [5.41, 5.74) is 0.577. The maximum absolute atomic E-state index is 13.2. The highest BCUT2D eigenvalue weighted by molar-refractivity contribution is 7.15. The van der Waals surface area contributed by atoms with Crippen LogP contribution in [0.4, 0.5) is 5.13 Å². The highest BCUT2D eigenvalue weighted by Gasteiger charge is 2.42. The van der Waals surface area contributed by atoms with E-state index in [4.69, 9.17) is 4.98 Å². The number of thiazole rings is 1. The first-order valence-electron chi connectivity index (χ1n) is 9.29. The zero-order valence-corrected chi connectivity index (χ0v) is 15.3. The van der Waals surface area contributed by atoms with Crippen molar-refractivity contribution in [2.24, 2.45) is 0 Å². The number of carbonyl (C=O) groups excluding carboxylic acids is 1. The summed E-state index contributed by atoms with van der Waals surface area (Å²) in [5, 5.41) is 11.6. The molecule has 0 bridgehead atoms. The number of anilines is 1. The van der Waals surface area contributed by atoms with Crippen molar-refractivity contribution < 1.29 is 4.79 Å². The van der Waals surface area contributed by atoms with Crippen molar-refractivity contribution in [2.75, 3.05) is 18.4 Å². The van der Waals surface area contributed by atoms with E-state index in [2.05, 4.69) is 15.7 Å². The Labute approximate surface area is 152 Å². The van der Waals surface area contributed by atoms with Gasteiger partial charge in [-0.15, -0.1) is 11.3 Å². The number of aromatic nitrogens is 3. The lowest BCUT2D eigenvalue weighted by molar-refractivity contribution is -0.126. The molecule has 0 unspecified atom stereocenters. The van der Waals surface area contributed by atoms with E-state index in [0.29, 0.717) is 0 Å². The van der Waals surface area contributed by atoms with Gasteiger partial charge in [-0.05, 0) is 57.7 Å². The van der Waals surface area contributed by atoms with Gasteiger partial charge in [0.1, 0.15) is 5.54 Å². The van der Waals surface area contributed by atoms with Crippen molar-refractivity contribution in [3.8, 4) is 0 Å². The van der Waals surface area contributed by atoms with E-state index in [-0.39, 0.29) is 5.91 Å². The molecular weight excluding hydrogens is 334 g/mol. The number of nitrogens with one attached hydrogen (secondary N) is 2. The largest absolute Gasteiger partial charge is 0.317 e. The Kier molecular flexibility index (Phi) is 4.85. The SMILES string of the molecule is O=C(Nc1nc2c(s1)CCCCCC2)C1(n2cccn2)CCNCC1. The van der Waals surface area contributed by atoms with Gasteiger partial charge < -0.3 is 5.32 Å². The lowest BCUT2D eigenvalue weighted by Crippen LogP contribution is -2.52. The average Bonchev–Trinajstić information content (AvgIpc) is 3.26. The molecule has 0 spiro atoms. The van der Waals surface area contributed by atoms with Gasteiger partial charge in [0.15, 0.2) is 5.13 Å². The summed E-state index contributed by atoms with van der Waals surface area (Å²) in [6.45, 7) is 1.64. The number of carbonyl (C=O) groups is 1. The number of amides is 1. The summed E-state index contributed by atoms with van der Waals surface area (Å²) in [7, 11) is 0. The maximum atomic E-state index is 13.2. The van der Waals surface area contributed by atoms with Crippen molar-refractivity contribution >= 4 is 22.4 Å². The molecule has 1 aliphatic carbocycles. The Balaban J connectivity index is 1.57. The molecule has 25 heavy (non-hydrogen) atoms. The van der Waals surface area contributed by atoms with Gasteiger partial charge in [-0.3, -0.25) is 14.8 Å². The summed E-state index contributed by atoms with van der Waals surface area (Å²) in [5.74, 6) is 0.0134. The first kappa shape index (κ1) is 16.7. The fraction of sp³-hybridized carbons (Fsp3) is 0.611. The van der Waals surface area contributed by atoms with Gasteiger partial charge in [-0.1, -0.05) is 12.8 Å². The standard InChI is InChI=1S/C18H25N5OS/c24-16(18(8-11-19-12-9-18)23-13-5-10-20-23)22-17-21-14-6-3-1-2-4-7-15(14)25-17/h5,10,13,19H,1-4,6-9,11-12H2,(H,21,22,24). The Bertz CT molecular complexity index is 692. The third-order valence-corrected chi connectivity index (χ3v) is 6.44. The number of hydrogen-bond acceptors (Lipinski definition) is 5. The zero-order valence-electron chi connectivity index (χ0n) is 14.5. The van der Waals surface area contributed by atoms with Crippen LogP contribution in [-0.2, 0) is 23.2 Å². The van der Waals surface area contributed by atoms with Crippen LogP contribution < -0.4 is 10.6 Å². The minimum atomic E-state index is -0.616. The van der Waals surface area contributed by atoms with Crippen LogP contribution in [0.3, 0.4) is 0 Å². The van der Waals surface area contributed by atoms with Crippen molar-refractivity contribution in [1.29, 1.82) is 0 Å². The molecular formula is C18H25N5OS. The van der Waals surface area contributed by atoms with E-state index < -0.39 is 5.54 Å². The highest BCUT2D eigenvalue weighted by Crippen LogP contribution is 2.32. The number of hydrogen-bond donors (Lipinski definition) is 2. The molecule has 0 atom stereocenters. The zero-order chi connectivity index (χ0) is 17.1. The third-order valence-electron chi connectivity index (χ3n) is 5.36. The van der Waals surface area contributed by atoms with Gasteiger partial charge in [0, 0.05) is 17.3 Å². The minimum Gasteiger partial charge on any atom is -0.317 e. The molecule has 2 aliphatic rings. The molecule has 1 amide bonds. The molecule has 0 radical (unpaired) electrons. The van der Waals surface area contributed by atoms with E-state index >= 15 is 0 Å². The first-order valence-corrected chi connectivity index (χ1v) is 10.1. The van der Waals surface area contributed by atoms with Gasteiger partial charge in [0.25, 0.3) is 5.91 Å². The van der Waals surface area contributed by atoms with Crippen LogP contribution in [0.5, 0.6) is 0 Å². The van der Waals surface area contributed by atoms with Gasteiger partial charge >= 0.3 is 0 Å². The number of rotatable bonds is 3. The number of piperidine rings is 1. The smallest absolute Gasteiger partial charge is 0.254 e. The van der Waals surface area contributed by atoms with Crippen LogP contribution in [0.1, 0.15) is 49.1 Å². The molecule has 6 nitrogen and oxygen atoms in total. The molecule has 0 saturated carbocycles. The number of nitrogens with zero attached hydrogens (tertiary/aromatic N) is 3. The number of aryl methyl sites for hydroxylation is 2. The van der Waals surface area contributed by atoms with Crippen molar-refractivity contribution in [3.05, 3.63) is 29.0 Å². The maximum Gasteiger partial charge on any atom is 0.254 e. The van der Waals surface area contributed by atoms with Crippen molar-refractivity contribution in [1.82, 2.24) is 20.1 Å². The molecule has 1 saturated heterocycles. The van der Waals surface area contributed by atoms with Gasteiger partial charge in [0.2, 0.25) is 0 Å². The van der Waals surface area contributed by atoms with Gasteiger partial charge in [0.05, 0.1) is 5.69 Å². The van der Waals surface area contributed by atoms with E-state index in [1.807, 2.05) is 16.9 Å². The second-order valence-corrected chi connectivity index (χ2v) is 8.07. The predicted molar refractivity (Wildman–Crippen MR) is 98.9 cm³/mol. The highest BCUT2D eigenvalue weighted by atomic mass is 32.1. The lowest BCUT2D eigenvalue weighted by Gasteiger charge is -2.36. The molecule has 2 aromatic heterocycles. The molecule has 0 aromatic carbocycles. The van der Waals surface area contributed by atoms with Crippen LogP contribution in [0.15, 0.2) is 18.5 Å². The summed E-state index contributed by atoms with van der Waals surface area (Å²) < 4.78 is 1.83. The summed E-state index contributed by atoms with van der Waals surface area (Å²) >= 11 is 1.66. The Morgan fingerprint density at radius 1 is 1.20 bits per heavy atom. The van der Waals surface area contributed by atoms with E-state index in [9.17, 15) is 4.79 Å². The van der Waals surface area contributed by atoms with Crippen LogP contribution in [0.25, 0.3) is 0 Å². The Hall–Kier alpha value is -1.73. The monoisotopic (exact) mass is 359 g/mol. The van der Waals surface area contributed by atoms with Crippen molar-refractivity contribution in [2.45, 2.75) is 56.9 Å². The molecule has 134 valence electrons. The molecule has 2 aromatic rings. The van der Waals surface area contributed by atoms with E-state index in [1.54, 1.807) is 17.5 Å². The Morgan fingerprint density at radius 3 is 2.76 bits per heavy atom. The molecule has 4 rings (SSSR count). The summed E-state index contributed by atoms with van der Waals surface area (Å²) in [6.07, 6.45) is 12.3. The molecule has 1 fully saturated rings. The second-order valence-electron chi connectivity index (χ2n) is 6.99. The first-order chi connectivity index (χ1) is 12.3. The normalized spacial score (nSPS) is 20.3. The number of fused-ring (bicyclic) bond motifs is 1. The molecule has 3 heterocycles. The summed E-state index contributed by atoms with van der Waals surface area (Å²) in [4.78, 5) is 19.3. The molecule has 2 N–H and O–H groups in total. The lowest BCUT2D eigenvalue weighted by atomic mass is 9.87. The van der Waals surface area contributed by atoms with Crippen LogP contribution in [0.2, 0.25) is 0 Å². The second kappa shape index (κ2) is 7.25. The third kappa shape index (κ3) is 3.35. The average molecular weight is 359 g/mol. The summed E-state index contributed by atoms with van der Waals surface area (Å²) in [6, 6.07) is 1.88. The van der Waals surface area contributed by atoms with Crippen molar-refractivity contribution in [3.63, 3.8) is 0 Å². The fourth-order valence-corrected chi connectivity index (χ4v) is 4.94. The van der Waals surface area contributed by atoms with E-state index in [1.165, 1.54) is 36.3 Å². The molecule has 7 heteroatoms. The van der Waals surface area contributed by atoms with Gasteiger partial charge in [-0.25, -0.2) is 4.98 Å². The molecule has 1 aliphatic heterocycles. The van der Waals surface area contributed by atoms with E-state index in [0.717, 1.165) is 43.9 Å². The van der Waals surface area contributed by atoms with Crippen LogP contribution in [0, 0.1) is 0 Å². The predicted octanol–water partition coefficient (Wildman–Crippen LogP) is 2.72. The minimum absolute atomic E-state index is 0.0134. The fourth-order valence-electron chi connectivity index (χ4n) is 3.90. The Morgan fingerprint density at radius 2 is 2.00 bits per heavy atom. The van der Waals surface area contributed by atoms with Gasteiger partial charge in [-0.2, -0.15) is 5.10 Å².